The first-order valence-electron chi connectivity index (χ1n) is 6.96. The highest BCUT2D eigenvalue weighted by molar-refractivity contribution is 5.82. The van der Waals surface area contributed by atoms with Gasteiger partial charge in [-0.1, -0.05) is 34.1 Å². The second-order valence-corrected chi connectivity index (χ2v) is 7.15. The minimum absolute atomic E-state index is 0.0372. The molecule has 17 heavy (non-hydrogen) atoms. The maximum Gasteiger partial charge on any atom is 0.136 e. The number of carbonyl (C=O) groups excluding carboxylic acids is 1. The van der Waals surface area contributed by atoms with E-state index in [0.717, 1.165) is 6.42 Å². The average Bonchev–Trinajstić information content (AvgIpc) is 2.22. The Kier molecular flexibility index (Phi) is 3.14. The van der Waals surface area contributed by atoms with E-state index in [1.165, 1.54) is 19.3 Å². The average molecular weight is 238 g/mol. The Labute approximate surface area is 105 Å². The molecule has 0 aromatic heterocycles. The lowest BCUT2D eigenvalue weighted by Gasteiger charge is -2.58. The summed E-state index contributed by atoms with van der Waals surface area (Å²) in [5.74, 6) is 1.01. The van der Waals surface area contributed by atoms with Crippen LogP contribution in [0.5, 0.6) is 0 Å². The molecule has 2 heteroatoms. The van der Waals surface area contributed by atoms with E-state index in [4.69, 9.17) is 0 Å². The van der Waals surface area contributed by atoms with Gasteiger partial charge in [-0.3, -0.25) is 4.79 Å². The van der Waals surface area contributed by atoms with Gasteiger partial charge in [0.1, 0.15) is 5.78 Å². The predicted octanol–water partition coefficient (Wildman–Crippen LogP) is 3.04. The lowest BCUT2D eigenvalue weighted by molar-refractivity contribution is -0.151. The molecule has 2 fully saturated rings. The summed E-state index contributed by atoms with van der Waals surface area (Å²) in [7, 11) is 0. The normalized spacial score (nSPS) is 45.5. The number of hydrogen-bond donors (Lipinski definition) is 1. The van der Waals surface area contributed by atoms with Gasteiger partial charge in [-0.2, -0.15) is 0 Å². The quantitative estimate of drug-likeness (QED) is 0.762. The highest BCUT2D eigenvalue weighted by atomic mass is 16.3. The van der Waals surface area contributed by atoms with Crippen LogP contribution in [-0.2, 0) is 4.79 Å². The van der Waals surface area contributed by atoms with Crippen molar-refractivity contribution in [2.75, 3.05) is 6.61 Å². The third kappa shape index (κ3) is 1.85. The summed E-state index contributed by atoms with van der Waals surface area (Å²) in [6.45, 7) is 9.07. The van der Waals surface area contributed by atoms with Crippen molar-refractivity contribution in [3.05, 3.63) is 0 Å². The van der Waals surface area contributed by atoms with E-state index in [2.05, 4.69) is 20.8 Å². The Bertz CT molecular complexity index is 321. The third-order valence-electron chi connectivity index (χ3n) is 5.84. The molecule has 0 aromatic carbocycles. The largest absolute Gasteiger partial charge is 0.396 e. The van der Waals surface area contributed by atoms with Crippen LogP contribution in [0, 0.1) is 28.6 Å². The second kappa shape index (κ2) is 4.08. The first kappa shape index (κ1) is 13.1. The molecule has 1 unspecified atom stereocenters. The van der Waals surface area contributed by atoms with Gasteiger partial charge in [-0.25, -0.2) is 0 Å². The van der Waals surface area contributed by atoms with Crippen LogP contribution >= 0.6 is 0 Å². The van der Waals surface area contributed by atoms with E-state index in [1.54, 1.807) is 0 Å². The maximum absolute atomic E-state index is 12.1. The van der Waals surface area contributed by atoms with Crippen LogP contribution in [0.2, 0.25) is 0 Å². The molecule has 1 N–H and O–H groups in total. The SMILES string of the molecule is C[C@@H]1C(=O)CC2C(C)(C)CCC[C@]2(C)[C@H]1CO. The monoisotopic (exact) mass is 238 g/mol. The molecule has 0 aromatic rings. The third-order valence-corrected chi connectivity index (χ3v) is 5.84. The molecular weight excluding hydrogens is 212 g/mol. The number of Topliss-reactive ketones (excluding diaryl/α,β-unsaturated/α-hetero) is 1. The number of hydrogen-bond acceptors (Lipinski definition) is 2. The van der Waals surface area contributed by atoms with E-state index >= 15 is 0 Å². The zero-order valence-corrected chi connectivity index (χ0v) is 11.6. The lowest BCUT2D eigenvalue weighted by atomic mass is 9.46. The molecule has 0 aliphatic heterocycles. The maximum atomic E-state index is 12.1. The number of ketones is 1. The number of carbonyl (C=O) groups is 1. The van der Waals surface area contributed by atoms with Gasteiger partial charge in [0.05, 0.1) is 0 Å². The molecule has 2 rings (SSSR count). The Morgan fingerprint density at radius 2 is 1.94 bits per heavy atom. The number of rotatable bonds is 1. The van der Waals surface area contributed by atoms with Gasteiger partial charge in [0, 0.05) is 18.9 Å². The van der Waals surface area contributed by atoms with Crippen LogP contribution < -0.4 is 0 Å². The van der Waals surface area contributed by atoms with Crippen LogP contribution in [0.1, 0.15) is 53.4 Å². The second-order valence-electron chi connectivity index (χ2n) is 7.15. The van der Waals surface area contributed by atoms with Crippen molar-refractivity contribution in [2.45, 2.75) is 53.4 Å². The first-order valence-corrected chi connectivity index (χ1v) is 6.96. The number of fused-ring (bicyclic) bond motifs is 1. The van der Waals surface area contributed by atoms with Crippen molar-refractivity contribution >= 4 is 5.78 Å². The van der Waals surface area contributed by atoms with Crippen molar-refractivity contribution in [3.63, 3.8) is 0 Å². The number of aliphatic hydroxyl groups excluding tert-OH is 1. The molecule has 0 bridgehead atoms. The molecule has 2 aliphatic carbocycles. The molecule has 2 saturated carbocycles. The smallest absolute Gasteiger partial charge is 0.136 e. The van der Waals surface area contributed by atoms with Gasteiger partial charge in [0.25, 0.3) is 0 Å². The van der Waals surface area contributed by atoms with E-state index < -0.39 is 0 Å². The summed E-state index contributed by atoms with van der Waals surface area (Å²) in [6, 6.07) is 0. The molecule has 0 saturated heterocycles. The highest BCUT2D eigenvalue weighted by Gasteiger charge is 2.55. The van der Waals surface area contributed by atoms with Gasteiger partial charge in [-0.05, 0) is 35.5 Å². The van der Waals surface area contributed by atoms with E-state index in [-0.39, 0.29) is 29.3 Å². The Morgan fingerprint density at radius 3 is 2.53 bits per heavy atom. The van der Waals surface area contributed by atoms with Crippen LogP contribution in [0.25, 0.3) is 0 Å². The lowest BCUT2D eigenvalue weighted by Crippen LogP contribution is -2.55. The van der Waals surface area contributed by atoms with Gasteiger partial charge in [0.2, 0.25) is 0 Å². The van der Waals surface area contributed by atoms with Crippen molar-refractivity contribution < 1.29 is 9.90 Å². The van der Waals surface area contributed by atoms with E-state index in [9.17, 15) is 9.90 Å². The predicted molar refractivity (Wildman–Crippen MR) is 68.6 cm³/mol. The summed E-state index contributed by atoms with van der Waals surface area (Å²) < 4.78 is 0. The molecule has 0 heterocycles. The molecule has 0 amide bonds. The highest BCUT2D eigenvalue weighted by Crippen LogP contribution is 2.60. The van der Waals surface area contributed by atoms with E-state index in [0.29, 0.717) is 11.7 Å². The van der Waals surface area contributed by atoms with Crippen molar-refractivity contribution in [3.8, 4) is 0 Å². The fraction of sp³-hybridized carbons (Fsp3) is 0.933. The standard InChI is InChI=1S/C15H26O2/c1-10-11(9-16)15(4)7-5-6-14(2,3)13(15)8-12(10)17/h10-11,13,16H,5-9H2,1-4H3/t10-,11-,13?,15+/m0/s1. The van der Waals surface area contributed by atoms with Crippen molar-refractivity contribution in [2.24, 2.45) is 28.6 Å². The Morgan fingerprint density at radius 1 is 1.29 bits per heavy atom. The fourth-order valence-electron chi connectivity index (χ4n) is 4.67. The van der Waals surface area contributed by atoms with Gasteiger partial charge in [-0.15, -0.1) is 0 Å². The van der Waals surface area contributed by atoms with Gasteiger partial charge in [0.15, 0.2) is 0 Å². The minimum atomic E-state index is 0.0372. The molecule has 0 spiro atoms. The molecule has 98 valence electrons. The topological polar surface area (TPSA) is 37.3 Å². The van der Waals surface area contributed by atoms with Crippen molar-refractivity contribution in [1.82, 2.24) is 0 Å². The Hall–Kier alpha value is -0.370. The van der Waals surface area contributed by atoms with Crippen LogP contribution in [0.15, 0.2) is 0 Å². The molecule has 4 atom stereocenters. The molecule has 2 aliphatic rings. The van der Waals surface area contributed by atoms with Gasteiger partial charge < -0.3 is 5.11 Å². The summed E-state index contributed by atoms with van der Waals surface area (Å²) in [5.41, 5.74) is 0.403. The molecule has 2 nitrogen and oxygen atoms in total. The van der Waals surface area contributed by atoms with E-state index in [1.807, 2.05) is 6.92 Å². The van der Waals surface area contributed by atoms with Crippen LogP contribution in [0.4, 0.5) is 0 Å². The summed E-state index contributed by atoms with van der Waals surface area (Å²) in [4.78, 5) is 12.1. The molecular formula is C15H26O2. The van der Waals surface area contributed by atoms with Crippen LogP contribution in [0.3, 0.4) is 0 Å². The fourth-order valence-corrected chi connectivity index (χ4v) is 4.67. The summed E-state index contributed by atoms with van der Waals surface area (Å²) >= 11 is 0. The minimum Gasteiger partial charge on any atom is -0.396 e. The first-order chi connectivity index (χ1) is 7.83. The number of aliphatic hydroxyl groups is 1. The Balaban J connectivity index is 2.39. The zero-order chi connectivity index (χ0) is 12.8. The zero-order valence-electron chi connectivity index (χ0n) is 11.6. The van der Waals surface area contributed by atoms with Gasteiger partial charge >= 0.3 is 0 Å². The van der Waals surface area contributed by atoms with Crippen LogP contribution in [-0.4, -0.2) is 17.5 Å². The molecule has 0 radical (unpaired) electrons. The summed E-state index contributed by atoms with van der Waals surface area (Å²) in [6.07, 6.45) is 4.34. The van der Waals surface area contributed by atoms with Crippen molar-refractivity contribution in [1.29, 1.82) is 0 Å². The summed E-state index contributed by atoms with van der Waals surface area (Å²) in [5, 5.41) is 9.70.